The number of hydrogen-bond acceptors (Lipinski definition) is 3. The predicted octanol–water partition coefficient (Wildman–Crippen LogP) is 6.06. The van der Waals surface area contributed by atoms with Crippen LogP contribution in [0, 0.1) is 0 Å². The minimum atomic E-state index is 0. The van der Waals surface area contributed by atoms with Crippen molar-refractivity contribution in [1.82, 2.24) is 4.98 Å². The zero-order chi connectivity index (χ0) is 17.4. The van der Waals surface area contributed by atoms with Gasteiger partial charge in [0, 0.05) is 16.0 Å². The molecule has 2 N–H and O–H groups in total. The van der Waals surface area contributed by atoms with Crippen molar-refractivity contribution in [2.45, 2.75) is 0 Å². The van der Waals surface area contributed by atoms with Gasteiger partial charge in [0.1, 0.15) is 11.5 Å². The monoisotopic (exact) mass is 383 g/mol. The van der Waals surface area contributed by atoms with Crippen LogP contribution in [0.2, 0.25) is 5.02 Å². The summed E-state index contributed by atoms with van der Waals surface area (Å²) in [5.41, 5.74) is 3.82. The van der Waals surface area contributed by atoms with Gasteiger partial charge in [-0.2, -0.15) is 0 Å². The molecule has 3 nitrogen and oxygen atoms in total. The van der Waals surface area contributed by atoms with Crippen LogP contribution in [-0.2, 0) is 0 Å². The van der Waals surface area contributed by atoms with E-state index in [1.54, 1.807) is 6.07 Å². The molecule has 0 bridgehead atoms. The number of phenols is 2. The molecule has 0 aliphatic heterocycles. The molecule has 0 fully saturated rings. The van der Waals surface area contributed by atoms with Crippen LogP contribution in [0.5, 0.6) is 11.5 Å². The van der Waals surface area contributed by atoms with Gasteiger partial charge < -0.3 is 10.2 Å². The third kappa shape index (κ3) is 3.32. The lowest BCUT2D eigenvalue weighted by molar-refractivity contribution is 0.461. The summed E-state index contributed by atoms with van der Waals surface area (Å²) in [5, 5.41) is 21.5. The summed E-state index contributed by atoms with van der Waals surface area (Å²) < 4.78 is 0. The van der Waals surface area contributed by atoms with Crippen molar-refractivity contribution in [1.29, 1.82) is 0 Å². The Balaban J connectivity index is 0.00000196. The van der Waals surface area contributed by atoms with Crippen molar-refractivity contribution >= 4 is 34.9 Å². The maximum atomic E-state index is 10.2. The largest absolute Gasteiger partial charge is 0.508 e. The first-order chi connectivity index (χ1) is 12.1. The van der Waals surface area contributed by atoms with Gasteiger partial charge in [0.05, 0.1) is 11.2 Å². The van der Waals surface area contributed by atoms with Gasteiger partial charge in [0.25, 0.3) is 0 Å². The zero-order valence-corrected chi connectivity index (χ0v) is 15.1. The smallest absolute Gasteiger partial charge is 0.125 e. The Morgan fingerprint density at radius 3 is 2.31 bits per heavy atom. The van der Waals surface area contributed by atoms with Crippen LogP contribution in [0.4, 0.5) is 0 Å². The number of fused-ring (bicyclic) bond motifs is 1. The Morgan fingerprint density at radius 2 is 1.54 bits per heavy atom. The standard InChI is InChI=1S/C21H14ClNO2.ClH/c22-14-6-8-19-17(10-14)16(13-4-2-1-3-5-13)12-20(23-19)18-11-15(24)7-9-21(18)25;/h1-12,24-25H;1H. The van der Waals surface area contributed by atoms with Gasteiger partial charge in [-0.25, -0.2) is 4.98 Å². The predicted molar refractivity (Wildman–Crippen MR) is 108 cm³/mol. The molecule has 0 spiro atoms. The van der Waals surface area contributed by atoms with E-state index in [1.807, 2.05) is 48.5 Å². The van der Waals surface area contributed by atoms with Gasteiger partial charge in [-0.3, -0.25) is 0 Å². The van der Waals surface area contributed by atoms with E-state index in [4.69, 9.17) is 11.6 Å². The van der Waals surface area contributed by atoms with E-state index in [1.165, 1.54) is 18.2 Å². The first-order valence-corrected chi connectivity index (χ1v) is 8.18. The van der Waals surface area contributed by atoms with Crippen molar-refractivity contribution < 1.29 is 10.2 Å². The first-order valence-electron chi connectivity index (χ1n) is 7.80. The number of benzene rings is 3. The molecular formula is C21H15Cl2NO2. The highest BCUT2D eigenvalue weighted by molar-refractivity contribution is 6.31. The van der Waals surface area contributed by atoms with Crippen LogP contribution < -0.4 is 0 Å². The summed E-state index contributed by atoms with van der Waals surface area (Å²) in [6, 6.07) is 21.8. The summed E-state index contributed by atoms with van der Waals surface area (Å²) in [6.07, 6.45) is 0. The molecule has 4 rings (SSSR count). The fourth-order valence-corrected chi connectivity index (χ4v) is 3.09. The van der Waals surface area contributed by atoms with E-state index in [0.29, 0.717) is 16.3 Å². The molecule has 0 atom stereocenters. The van der Waals surface area contributed by atoms with Crippen molar-refractivity contribution in [3.05, 3.63) is 77.8 Å². The number of aromatic hydroxyl groups is 2. The number of hydrogen-bond donors (Lipinski definition) is 2. The van der Waals surface area contributed by atoms with Gasteiger partial charge in [-0.05, 0) is 53.6 Å². The average molecular weight is 384 g/mol. The molecule has 130 valence electrons. The Morgan fingerprint density at radius 1 is 0.769 bits per heavy atom. The second-order valence-corrected chi connectivity index (χ2v) is 6.22. The number of pyridine rings is 1. The number of rotatable bonds is 2. The topological polar surface area (TPSA) is 53.4 Å². The highest BCUT2D eigenvalue weighted by Gasteiger charge is 2.13. The lowest BCUT2D eigenvalue weighted by atomic mass is 9.98. The maximum absolute atomic E-state index is 10.2. The molecule has 0 aliphatic rings. The molecular weight excluding hydrogens is 369 g/mol. The molecule has 0 saturated heterocycles. The normalized spacial score (nSPS) is 10.5. The summed E-state index contributed by atoms with van der Waals surface area (Å²) in [6.45, 7) is 0. The highest BCUT2D eigenvalue weighted by atomic mass is 35.5. The quantitative estimate of drug-likeness (QED) is 0.414. The van der Waals surface area contributed by atoms with Crippen LogP contribution in [-0.4, -0.2) is 15.2 Å². The Bertz CT molecular complexity index is 1080. The zero-order valence-electron chi connectivity index (χ0n) is 13.6. The first kappa shape index (κ1) is 18.1. The molecule has 1 aromatic heterocycles. The minimum Gasteiger partial charge on any atom is -0.508 e. The van der Waals surface area contributed by atoms with E-state index in [-0.39, 0.29) is 23.9 Å². The number of phenolic OH excluding ortho intramolecular Hbond substituents is 2. The van der Waals surface area contributed by atoms with E-state index in [2.05, 4.69) is 4.98 Å². The van der Waals surface area contributed by atoms with Crippen LogP contribution in [0.1, 0.15) is 0 Å². The number of halogens is 2. The molecule has 0 unspecified atom stereocenters. The molecule has 5 heteroatoms. The van der Waals surface area contributed by atoms with Crippen LogP contribution in [0.25, 0.3) is 33.3 Å². The molecule has 26 heavy (non-hydrogen) atoms. The highest BCUT2D eigenvalue weighted by Crippen LogP contribution is 2.37. The van der Waals surface area contributed by atoms with Gasteiger partial charge in [-0.1, -0.05) is 41.9 Å². The lowest BCUT2D eigenvalue weighted by Crippen LogP contribution is -1.90. The van der Waals surface area contributed by atoms with E-state index in [0.717, 1.165) is 22.0 Å². The molecule has 1 heterocycles. The van der Waals surface area contributed by atoms with Gasteiger partial charge >= 0.3 is 0 Å². The van der Waals surface area contributed by atoms with Crippen molar-refractivity contribution in [3.63, 3.8) is 0 Å². The minimum absolute atomic E-state index is 0. The van der Waals surface area contributed by atoms with Crippen LogP contribution in [0.15, 0.2) is 72.8 Å². The van der Waals surface area contributed by atoms with Crippen molar-refractivity contribution in [2.75, 3.05) is 0 Å². The van der Waals surface area contributed by atoms with Gasteiger partial charge in [0.2, 0.25) is 0 Å². The summed E-state index contributed by atoms with van der Waals surface area (Å²) >= 11 is 6.18. The van der Waals surface area contributed by atoms with E-state index in [9.17, 15) is 10.2 Å². The Labute approximate surface area is 161 Å². The van der Waals surface area contributed by atoms with Crippen LogP contribution >= 0.6 is 24.0 Å². The molecule has 3 aromatic carbocycles. The van der Waals surface area contributed by atoms with E-state index >= 15 is 0 Å². The van der Waals surface area contributed by atoms with Gasteiger partial charge in [0.15, 0.2) is 0 Å². The van der Waals surface area contributed by atoms with Crippen LogP contribution in [0.3, 0.4) is 0 Å². The van der Waals surface area contributed by atoms with E-state index < -0.39 is 0 Å². The summed E-state index contributed by atoms with van der Waals surface area (Å²) in [7, 11) is 0. The number of nitrogens with zero attached hydrogens (tertiary/aromatic N) is 1. The van der Waals surface area contributed by atoms with Gasteiger partial charge in [-0.15, -0.1) is 12.4 Å². The van der Waals surface area contributed by atoms with Crippen molar-refractivity contribution in [3.8, 4) is 33.9 Å². The summed E-state index contributed by atoms with van der Waals surface area (Å²) in [5.74, 6) is 0.143. The SMILES string of the molecule is Cl.Oc1ccc(O)c(-c2cc(-c3ccccc3)c3cc(Cl)ccc3n2)c1. The molecule has 0 amide bonds. The Kier molecular flexibility index (Phi) is 5.03. The molecule has 4 aromatic rings. The molecule has 0 radical (unpaired) electrons. The van der Waals surface area contributed by atoms with Crippen molar-refractivity contribution in [2.24, 2.45) is 0 Å². The molecule has 0 aliphatic carbocycles. The fraction of sp³-hybridized carbons (Fsp3) is 0. The second kappa shape index (κ2) is 7.24. The number of aromatic nitrogens is 1. The average Bonchev–Trinajstić information content (AvgIpc) is 2.63. The molecule has 0 saturated carbocycles. The third-order valence-corrected chi connectivity index (χ3v) is 4.35. The lowest BCUT2D eigenvalue weighted by Gasteiger charge is -2.12. The fourth-order valence-electron chi connectivity index (χ4n) is 2.92. The Hall–Kier alpha value is -2.75. The second-order valence-electron chi connectivity index (χ2n) is 5.78. The maximum Gasteiger partial charge on any atom is 0.125 e. The summed E-state index contributed by atoms with van der Waals surface area (Å²) in [4.78, 5) is 4.64. The third-order valence-electron chi connectivity index (χ3n) is 4.11.